The molecule has 120 valence electrons. The third kappa shape index (κ3) is 4.03. The summed E-state index contributed by atoms with van der Waals surface area (Å²) in [5.74, 6) is 1.14. The Morgan fingerprint density at radius 3 is 2.46 bits per heavy atom. The zero-order valence-electron chi connectivity index (χ0n) is 13.1. The summed E-state index contributed by atoms with van der Waals surface area (Å²) >= 11 is 3.38. The normalized spacial score (nSPS) is 10.2. The van der Waals surface area contributed by atoms with Crippen molar-refractivity contribution in [2.75, 3.05) is 5.32 Å². The van der Waals surface area contributed by atoms with Crippen LogP contribution in [0, 0.1) is 6.92 Å². The summed E-state index contributed by atoms with van der Waals surface area (Å²) in [6.45, 7) is 2.02. The number of aryl methyl sites for hydroxylation is 1. The van der Waals surface area contributed by atoms with Crippen molar-refractivity contribution >= 4 is 27.5 Å². The van der Waals surface area contributed by atoms with Gasteiger partial charge in [0.2, 0.25) is 0 Å². The molecule has 0 aliphatic rings. The van der Waals surface area contributed by atoms with Crippen LogP contribution in [0.4, 0.5) is 5.69 Å². The molecule has 0 unspecified atom stereocenters. The van der Waals surface area contributed by atoms with Crippen molar-refractivity contribution in [2.45, 2.75) is 6.92 Å². The number of hydrogen-bond donors (Lipinski definition) is 1. The first kappa shape index (κ1) is 16.3. The Labute approximate surface area is 149 Å². The molecule has 0 heterocycles. The Morgan fingerprint density at radius 2 is 1.71 bits per heavy atom. The van der Waals surface area contributed by atoms with Crippen LogP contribution in [-0.4, -0.2) is 5.91 Å². The first-order valence-electron chi connectivity index (χ1n) is 7.52. The lowest BCUT2D eigenvalue weighted by molar-refractivity contribution is 0.102. The van der Waals surface area contributed by atoms with E-state index in [0.717, 1.165) is 10.2 Å². The van der Waals surface area contributed by atoms with E-state index in [0.29, 0.717) is 17.0 Å². The molecule has 3 rings (SSSR count). The number of ether oxygens (including phenoxy) is 1. The summed E-state index contributed by atoms with van der Waals surface area (Å²) in [5.41, 5.74) is 2.37. The zero-order chi connectivity index (χ0) is 16.9. The van der Waals surface area contributed by atoms with Gasteiger partial charge in [0.15, 0.2) is 5.75 Å². The van der Waals surface area contributed by atoms with Crippen LogP contribution >= 0.6 is 15.9 Å². The van der Waals surface area contributed by atoms with E-state index in [1.807, 2.05) is 67.6 Å². The molecule has 0 bridgehead atoms. The second-order valence-electron chi connectivity index (χ2n) is 5.38. The largest absolute Gasteiger partial charge is 0.455 e. The quantitative estimate of drug-likeness (QED) is 0.619. The zero-order valence-corrected chi connectivity index (χ0v) is 14.7. The molecule has 0 radical (unpaired) electrons. The number of halogens is 1. The van der Waals surface area contributed by atoms with Gasteiger partial charge >= 0.3 is 0 Å². The molecule has 0 spiro atoms. The highest BCUT2D eigenvalue weighted by Gasteiger charge is 2.10. The van der Waals surface area contributed by atoms with Gasteiger partial charge in [-0.25, -0.2) is 0 Å². The predicted octanol–water partition coefficient (Wildman–Crippen LogP) is 5.80. The number of benzene rings is 3. The van der Waals surface area contributed by atoms with Crippen molar-refractivity contribution in [2.24, 2.45) is 0 Å². The maximum absolute atomic E-state index is 12.4. The maximum Gasteiger partial charge on any atom is 0.255 e. The van der Waals surface area contributed by atoms with Gasteiger partial charge in [0.05, 0.1) is 5.69 Å². The standard InChI is InChI=1S/C20H16BrNO2/c1-14-9-11-17(12-10-14)24-19-8-3-2-7-18(19)22-20(23)15-5-4-6-16(21)13-15/h2-13H,1H3,(H,22,23). The van der Waals surface area contributed by atoms with E-state index >= 15 is 0 Å². The Bertz CT molecular complexity index is 860. The number of amides is 1. The second-order valence-corrected chi connectivity index (χ2v) is 6.29. The average Bonchev–Trinajstić information content (AvgIpc) is 2.58. The number of para-hydroxylation sites is 2. The highest BCUT2D eigenvalue weighted by molar-refractivity contribution is 9.10. The van der Waals surface area contributed by atoms with Gasteiger partial charge in [0, 0.05) is 10.0 Å². The molecule has 0 aliphatic carbocycles. The van der Waals surface area contributed by atoms with Crippen LogP contribution in [0.5, 0.6) is 11.5 Å². The van der Waals surface area contributed by atoms with Crippen LogP contribution in [0.2, 0.25) is 0 Å². The minimum Gasteiger partial charge on any atom is -0.455 e. The minimum atomic E-state index is -0.184. The molecule has 0 saturated carbocycles. The topological polar surface area (TPSA) is 38.3 Å². The van der Waals surface area contributed by atoms with E-state index in [1.165, 1.54) is 5.56 Å². The third-order valence-corrected chi connectivity index (χ3v) is 3.96. The SMILES string of the molecule is Cc1ccc(Oc2ccccc2NC(=O)c2cccc(Br)c2)cc1. The van der Waals surface area contributed by atoms with Crippen LogP contribution < -0.4 is 10.1 Å². The number of anilines is 1. The molecular formula is C20H16BrNO2. The number of hydrogen-bond acceptors (Lipinski definition) is 2. The Morgan fingerprint density at radius 1 is 0.958 bits per heavy atom. The first-order chi connectivity index (χ1) is 11.6. The van der Waals surface area contributed by atoms with Crippen molar-refractivity contribution < 1.29 is 9.53 Å². The third-order valence-electron chi connectivity index (χ3n) is 3.47. The fourth-order valence-electron chi connectivity index (χ4n) is 2.22. The monoisotopic (exact) mass is 381 g/mol. The Balaban J connectivity index is 1.81. The van der Waals surface area contributed by atoms with Crippen LogP contribution in [-0.2, 0) is 0 Å². The highest BCUT2D eigenvalue weighted by atomic mass is 79.9. The van der Waals surface area contributed by atoms with E-state index in [9.17, 15) is 4.79 Å². The summed E-state index contributed by atoms with van der Waals surface area (Å²) in [5, 5.41) is 2.90. The number of rotatable bonds is 4. The van der Waals surface area contributed by atoms with Gasteiger partial charge in [0.1, 0.15) is 5.75 Å². The van der Waals surface area contributed by atoms with Gasteiger partial charge in [-0.1, -0.05) is 51.8 Å². The molecule has 3 aromatic carbocycles. The lowest BCUT2D eigenvalue weighted by atomic mass is 10.2. The van der Waals surface area contributed by atoms with E-state index in [2.05, 4.69) is 21.2 Å². The van der Waals surface area contributed by atoms with E-state index in [1.54, 1.807) is 12.1 Å². The van der Waals surface area contributed by atoms with Gasteiger partial charge in [0.25, 0.3) is 5.91 Å². The molecule has 4 heteroatoms. The van der Waals surface area contributed by atoms with Crippen molar-refractivity contribution in [3.63, 3.8) is 0 Å². The summed E-state index contributed by atoms with van der Waals surface area (Å²) < 4.78 is 6.76. The van der Waals surface area contributed by atoms with Crippen molar-refractivity contribution in [3.8, 4) is 11.5 Å². The highest BCUT2D eigenvalue weighted by Crippen LogP contribution is 2.29. The van der Waals surface area contributed by atoms with Crippen molar-refractivity contribution in [1.29, 1.82) is 0 Å². The lowest BCUT2D eigenvalue weighted by Gasteiger charge is -2.12. The minimum absolute atomic E-state index is 0.184. The number of nitrogens with one attached hydrogen (secondary N) is 1. The van der Waals surface area contributed by atoms with Gasteiger partial charge in [-0.3, -0.25) is 4.79 Å². The van der Waals surface area contributed by atoms with Crippen molar-refractivity contribution in [1.82, 2.24) is 0 Å². The molecule has 3 aromatic rings. The van der Waals surface area contributed by atoms with E-state index < -0.39 is 0 Å². The van der Waals surface area contributed by atoms with Crippen LogP contribution in [0.1, 0.15) is 15.9 Å². The molecule has 0 fully saturated rings. The van der Waals surface area contributed by atoms with Crippen molar-refractivity contribution in [3.05, 3.63) is 88.4 Å². The average molecular weight is 382 g/mol. The maximum atomic E-state index is 12.4. The van der Waals surface area contributed by atoms with Crippen LogP contribution in [0.15, 0.2) is 77.3 Å². The number of carbonyl (C=O) groups is 1. The fourth-order valence-corrected chi connectivity index (χ4v) is 2.62. The molecule has 24 heavy (non-hydrogen) atoms. The lowest BCUT2D eigenvalue weighted by Crippen LogP contribution is -2.12. The van der Waals surface area contributed by atoms with Crippen LogP contribution in [0.3, 0.4) is 0 Å². The predicted molar refractivity (Wildman–Crippen MR) is 99.8 cm³/mol. The first-order valence-corrected chi connectivity index (χ1v) is 8.31. The van der Waals surface area contributed by atoms with Gasteiger partial charge < -0.3 is 10.1 Å². The molecule has 3 nitrogen and oxygen atoms in total. The van der Waals surface area contributed by atoms with Gasteiger partial charge in [-0.2, -0.15) is 0 Å². The molecule has 0 aliphatic heterocycles. The molecule has 1 N–H and O–H groups in total. The molecule has 1 amide bonds. The summed E-state index contributed by atoms with van der Waals surface area (Å²) in [6, 6.07) is 22.4. The smallest absolute Gasteiger partial charge is 0.255 e. The summed E-state index contributed by atoms with van der Waals surface area (Å²) in [7, 11) is 0. The van der Waals surface area contributed by atoms with Crippen LogP contribution in [0.25, 0.3) is 0 Å². The van der Waals surface area contributed by atoms with Gasteiger partial charge in [-0.05, 0) is 49.4 Å². The Hall–Kier alpha value is -2.59. The number of carbonyl (C=O) groups excluding carboxylic acids is 1. The second kappa shape index (κ2) is 7.32. The van der Waals surface area contributed by atoms with Gasteiger partial charge in [-0.15, -0.1) is 0 Å². The summed E-state index contributed by atoms with van der Waals surface area (Å²) in [6.07, 6.45) is 0. The molecular weight excluding hydrogens is 366 g/mol. The van der Waals surface area contributed by atoms with E-state index in [-0.39, 0.29) is 5.91 Å². The molecule has 0 saturated heterocycles. The fraction of sp³-hybridized carbons (Fsp3) is 0.0500. The molecule has 0 aromatic heterocycles. The molecule has 0 atom stereocenters. The Kier molecular flexibility index (Phi) is 4.96. The summed E-state index contributed by atoms with van der Waals surface area (Å²) in [4.78, 5) is 12.4. The van der Waals surface area contributed by atoms with E-state index in [4.69, 9.17) is 4.74 Å².